The summed E-state index contributed by atoms with van der Waals surface area (Å²) in [5.41, 5.74) is 7.56. The number of hydrogen-bond donors (Lipinski definition) is 1. The van der Waals surface area contributed by atoms with Crippen LogP contribution in [-0.4, -0.2) is 19.8 Å². The molecular weight excluding hydrogens is 166 g/mol. The van der Waals surface area contributed by atoms with Gasteiger partial charge in [0.15, 0.2) is 0 Å². The zero-order valence-electron chi connectivity index (χ0n) is 7.62. The Labute approximate surface area is 77.5 Å². The molecular formula is C10H13NO2. The largest absolute Gasteiger partial charge is 0.491 e. The second-order valence-corrected chi connectivity index (χ2v) is 3.24. The minimum Gasteiger partial charge on any atom is -0.491 e. The average molecular weight is 179 g/mol. The van der Waals surface area contributed by atoms with E-state index in [9.17, 15) is 0 Å². The van der Waals surface area contributed by atoms with E-state index in [4.69, 9.17) is 15.2 Å². The number of rotatable bonds is 1. The maximum atomic E-state index is 5.64. The van der Waals surface area contributed by atoms with E-state index in [1.54, 1.807) is 7.11 Å². The lowest BCUT2D eigenvalue weighted by Crippen LogP contribution is -2.27. The molecule has 3 heteroatoms. The normalized spacial score (nSPS) is 20.5. The van der Waals surface area contributed by atoms with Crippen LogP contribution in [0.1, 0.15) is 5.56 Å². The number of methoxy groups -OCH3 is 1. The fourth-order valence-electron chi connectivity index (χ4n) is 1.51. The Morgan fingerprint density at radius 1 is 1.54 bits per heavy atom. The molecule has 0 amide bonds. The first-order chi connectivity index (χ1) is 6.29. The van der Waals surface area contributed by atoms with Crippen LogP contribution in [-0.2, 0) is 11.2 Å². The van der Waals surface area contributed by atoms with Crippen molar-refractivity contribution < 1.29 is 9.47 Å². The van der Waals surface area contributed by atoms with E-state index >= 15 is 0 Å². The molecule has 13 heavy (non-hydrogen) atoms. The quantitative estimate of drug-likeness (QED) is 0.659. The van der Waals surface area contributed by atoms with Gasteiger partial charge in [-0.05, 0) is 11.6 Å². The van der Waals surface area contributed by atoms with E-state index < -0.39 is 0 Å². The highest BCUT2D eigenvalue weighted by Gasteiger charge is 2.18. The van der Waals surface area contributed by atoms with Crippen molar-refractivity contribution in [3.63, 3.8) is 0 Å². The molecule has 0 fully saturated rings. The lowest BCUT2D eigenvalue weighted by atomic mass is 10.0. The first-order valence-corrected chi connectivity index (χ1v) is 4.33. The van der Waals surface area contributed by atoms with Crippen LogP contribution in [0.3, 0.4) is 0 Å². The fraction of sp³-hybridized carbons (Fsp3) is 0.400. The van der Waals surface area contributed by atoms with Gasteiger partial charge in [0.2, 0.25) is 0 Å². The molecule has 0 saturated heterocycles. The summed E-state index contributed by atoms with van der Waals surface area (Å²) in [4.78, 5) is 0. The van der Waals surface area contributed by atoms with Gasteiger partial charge in [-0.25, -0.2) is 0 Å². The smallest absolute Gasteiger partial charge is 0.124 e. The second kappa shape index (κ2) is 3.26. The third-order valence-electron chi connectivity index (χ3n) is 2.30. The minimum absolute atomic E-state index is 0.177. The Balaban J connectivity index is 2.26. The summed E-state index contributed by atoms with van der Waals surface area (Å²) >= 11 is 0. The predicted molar refractivity (Wildman–Crippen MR) is 50.9 cm³/mol. The summed E-state index contributed by atoms with van der Waals surface area (Å²) in [5.74, 6) is 0.897. The summed E-state index contributed by atoms with van der Waals surface area (Å²) in [5, 5.41) is 0. The van der Waals surface area contributed by atoms with Crippen LogP contribution < -0.4 is 10.5 Å². The van der Waals surface area contributed by atoms with Gasteiger partial charge in [-0.1, -0.05) is 6.07 Å². The van der Waals surface area contributed by atoms with Gasteiger partial charge in [0.05, 0.1) is 6.10 Å². The third kappa shape index (κ3) is 1.60. The van der Waals surface area contributed by atoms with Crippen LogP contribution >= 0.6 is 0 Å². The van der Waals surface area contributed by atoms with E-state index in [0.29, 0.717) is 6.61 Å². The lowest BCUT2D eigenvalue weighted by Gasteiger charge is -2.24. The molecule has 1 heterocycles. The molecule has 3 nitrogen and oxygen atoms in total. The molecule has 1 atom stereocenters. The summed E-state index contributed by atoms with van der Waals surface area (Å²) < 4.78 is 10.7. The van der Waals surface area contributed by atoms with Crippen molar-refractivity contribution in [1.29, 1.82) is 0 Å². The van der Waals surface area contributed by atoms with Crippen molar-refractivity contribution in [2.24, 2.45) is 0 Å². The highest BCUT2D eigenvalue weighted by molar-refractivity contribution is 5.49. The summed E-state index contributed by atoms with van der Waals surface area (Å²) in [7, 11) is 1.70. The molecule has 2 N–H and O–H groups in total. The number of hydrogen-bond acceptors (Lipinski definition) is 3. The number of benzene rings is 1. The van der Waals surface area contributed by atoms with Crippen LogP contribution in [0.4, 0.5) is 5.69 Å². The number of nitrogens with two attached hydrogens (primary N) is 1. The lowest BCUT2D eigenvalue weighted by molar-refractivity contribution is 0.0468. The number of fused-ring (bicyclic) bond motifs is 1. The van der Waals surface area contributed by atoms with Gasteiger partial charge >= 0.3 is 0 Å². The molecule has 0 bridgehead atoms. The minimum atomic E-state index is 0.177. The molecule has 1 aliphatic rings. The van der Waals surface area contributed by atoms with E-state index in [1.165, 1.54) is 5.56 Å². The van der Waals surface area contributed by atoms with Crippen molar-refractivity contribution in [3.05, 3.63) is 23.8 Å². The zero-order chi connectivity index (χ0) is 9.26. The molecule has 70 valence electrons. The molecule has 0 aromatic heterocycles. The molecule has 2 rings (SSSR count). The first-order valence-electron chi connectivity index (χ1n) is 4.33. The maximum absolute atomic E-state index is 5.64. The van der Waals surface area contributed by atoms with E-state index in [1.807, 2.05) is 18.2 Å². The molecule has 0 spiro atoms. The zero-order valence-corrected chi connectivity index (χ0v) is 7.62. The van der Waals surface area contributed by atoms with Gasteiger partial charge in [0.1, 0.15) is 12.4 Å². The highest BCUT2D eigenvalue weighted by atomic mass is 16.5. The van der Waals surface area contributed by atoms with E-state index in [-0.39, 0.29) is 6.10 Å². The first kappa shape index (κ1) is 8.38. The van der Waals surface area contributed by atoms with Gasteiger partial charge in [0.25, 0.3) is 0 Å². The van der Waals surface area contributed by atoms with Crippen LogP contribution in [0.25, 0.3) is 0 Å². The third-order valence-corrected chi connectivity index (χ3v) is 2.30. The van der Waals surface area contributed by atoms with Crippen molar-refractivity contribution in [1.82, 2.24) is 0 Å². The van der Waals surface area contributed by atoms with Crippen LogP contribution in [0.15, 0.2) is 18.2 Å². The Morgan fingerprint density at radius 2 is 2.38 bits per heavy atom. The monoisotopic (exact) mass is 179 g/mol. The van der Waals surface area contributed by atoms with E-state index in [2.05, 4.69) is 0 Å². The predicted octanol–water partition coefficient (Wildman–Crippen LogP) is 1.22. The van der Waals surface area contributed by atoms with Crippen LogP contribution in [0.5, 0.6) is 5.75 Å². The summed E-state index contributed by atoms with van der Waals surface area (Å²) in [6, 6.07) is 5.75. The van der Waals surface area contributed by atoms with E-state index in [0.717, 1.165) is 17.9 Å². The summed E-state index contributed by atoms with van der Waals surface area (Å²) in [6.07, 6.45) is 1.09. The van der Waals surface area contributed by atoms with Crippen LogP contribution in [0, 0.1) is 0 Å². The number of anilines is 1. The van der Waals surface area contributed by atoms with Crippen molar-refractivity contribution in [2.75, 3.05) is 19.5 Å². The molecule has 0 saturated carbocycles. The van der Waals surface area contributed by atoms with Gasteiger partial charge < -0.3 is 15.2 Å². The number of nitrogen functional groups attached to an aromatic ring is 1. The van der Waals surface area contributed by atoms with Crippen molar-refractivity contribution >= 4 is 5.69 Å². The van der Waals surface area contributed by atoms with Crippen molar-refractivity contribution in [3.8, 4) is 5.75 Å². The Morgan fingerprint density at radius 3 is 3.15 bits per heavy atom. The Kier molecular flexibility index (Phi) is 2.10. The molecule has 1 aromatic rings. The molecule has 1 unspecified atom stereocenters. The maximum Gasteiger partial charge on any atom is 0.124 e. The summed E-state index contributed by atoms with van der Waals surface area (Å²) in [6.45, 7) is 0.618. The topological polar surface area (TPSA) is 44.5 Å². The molecule has 1 aromatic carbocycles. The highest BCUT2D eigenvalue weighted by Crippen LogP contribution is 2.27. The average Bonchev–Trinajstić information content (AvgIpc) is 2.17. The van der Waals surface area contributed by atoms with Gasteiger partial charge in [-0.3, -0.25) is 0 Å². The van der Waals surface area contributed by atoms with Crippen LogP contribution in [0.2, 0.25) is 0 Å². The SMILES string of the molecule is COC1COc2cc(N)ccc2C1. The Bertz CT molecular complexity index is 312. The van der Waals surface area contributed by atoms with Crippen molar-refractivity contribution in [2.45, 2.75) is 12.5 Å². The molecule has 0 aliphatic carbocycles. The van der Waals surface area contributed by atoms with Gasteiger partial charge in [-0.2, -0.15) is 0 Å². The van der Waals surface area contributed by atoms with Gasteiger partial charge in [0, 0.05) is 25.3 Å². The fourth-order valence-corrected chi connectivity index (χ4v) is 1.51. The van der Waals surface area contributed by atoms with Gasteiger partial charge in [-0.15, -0.1) is 0 Å². The standard InChI is InChI=1S/C10H13NO2/c1-12-9-4-7-2-3-8(11)5-10(7)13-6-9/h2-3,5,9H,4,6,11H2,1H3. The molecule has 1 aliphatic heterocycles. The molecule has 0 radical (unpaired) electrons. The number of ether oxygens (including phenoxy) is 2. The Hall–Kier alpha value is -1.22. The second-order valence-electron chi connectivity index (χ2n) is 3.24.